The van der Waals surface area contributed by atoms with Gasteiger partial charge in [-0.15, -0.1) is 0 Å². The fourth-order valence-electron chi connectivity index (χ4n) is 4.60. The van der Waals surface area contributed by atoms with Crippen LogP contribution in [0, 0.1) is 0 Å². The average molecular weight is 384 g/mol. The lowest BCUT2D eigenvalue weighted by atomic mass is 9.64. The number of fused-ring (bicyclic) bond motifs is 1. The number of hydrogen-bond acceptors (Lipinski definition) is 3. The lowest BCUT2D eigenvalue weighted by Crippen LogP contribution is -2.42. The third kappa shape index (κ3) is 3.09. The monoisotopic (exact) mass is 384 g/mol. The van der Waals surface area contributed by atoms with Crippen LogP contribution in [0.4, 0.5) is 11.4 Å². The van der Waals surface area contributed by atoms with E-state index in [0.717, 1.165) is 66.7 Å². The molecule has 3 aromatic rings. The number of carboxylic acid groups (broad SMARTS) is 1. The van der Waals surface area contributed by atoms with Crippen LogP contribution in [-0.4, -0.2) is 16.1 Å². The van der Waals surface area contributed by atoms with E-state index in [4.69, 9.17) is 4.98 Å². The van der Waals surface area contributed by atoms with Crippen molar-refractivity contribution in [2.24, 2.45) is 0 Å². The quantitative estimate of drug-likeness (QED) is 0.611. The third-order valence-electron chi connectivity index (χ3n) is 6.45. The molecule has 29 heavy (non-hydrogen) atoms. The van der Waals surface area contributed by atoms with Gasteiger partial charge in [0.05, 0.1) is 11.1 Å². The molecule has 5 rings (SSSR count). The van der Waals surface area contributed by atoms with Gasteiger partial charge in [-0.25, -0.2) is 0 Å². The number of rotatable bonds is 5. The number of aliphatic carboxylic acids is 1. The van der Waals surface area contributed by atoms with Crippen LogP contribution in [0.25, 0.3) is 11.3 Å². The molecule has 1 saturated carbocycles. The van der Waals surface area contributed by atoms with Gasteiger partial charge in [0.2, 0.25) is 0 Å². The fourth-order valence-corrected chi connectivity index (χ4v) is 4.60. The van der Waals surface area contributed by atoms with Gasteiger partial charge in [0.15, 0.2) is 0 Å². The predicted octanol–water partition coefficient (Wildman–Crippen LogP) is 5.49. The Kier molecular flexibility index (Phi) is 4.35. The minimum atomic E-state index is -0.705. The van der Waals surface area contributed by atoms with Gasteiger partial charge < -0.3 is 10.4 Å². The second-order valence-electron chi connectivity index (χ2n) is 8.14. The zero-order valence-electron chi connectivity index (χ0n) is 16.3. The Balaban J connectivity index is 1.46. The van der Waals surface area contributed by atoms with Gasteiger partial charge in [-0.2, -0.15) is 0 Å². The number of hydrogen-bond donors (Lipinski definition) is 2. The topological polar surface area (TPSA) is 62.2 Å². The Morgan fingerprint density at radius 2 is 1.72 bits per heavy atom. The van der Waals surface area contributed by atoms with E-state index in [1.54, 1.807) is 0 Å². The summed E-state index contributed by atoms with van der Waals surface area (Å²) < 4.78 is 0. The Morgan fingerprint density at radius 3 is 2.38 bits per heavy atom. The van der Waals surface area contributed by atoms with Crippen molar-refractivity contribution >= 4 is 17.3 Å². The predicted molar refractivity (Wildman–Crippen MR) is 115 cm³/mol. The van der Waals surface area contributed by atoms with Crippen LogP contribution in [0.2, 0.25) is 0 Å². The van der Waals surface area contributed by atoms with Crippen molar-refractivity contribution in [2.75, 3.05) is 5.32 Å². The van der Waals surface area contributed by atoms with Gasteiger partial charge >= 0.3 is 5.97 Å². The number of carboxylic acids is 1. The molecule has 1 aromatic heterocycles. The zero-order chi connectivity index (χ0) is 19.8. The number of benzene rings is 2. The molecule has 0 unspecified atom stereocenters. The van der Waals surface area contributed by atoms with Gasteiger partial charge in [-0.1, -0.05) is 48.9 Å². The van der Waals surface area contributed by atoms with E-state index in [1.165, 1.54) is 11.3 Å². The van der Waals surface area contributed by atoms with Crippen molar-refractivity contribution in [1.82, 2.24) is 4.98 Å². The van der Waals surface area contributed by atoms with E-state index >= 15 is 0 Å². The lowest BCUT2D eigenvalue weighted by molar-refractivity contribution is -0.147. The summed E-state index contributed by atoms with van der Waals surface area (Å²) in [6.45, 7) is 0. The number of nitrogens with zero attached hydrogens (tertiary/aromatic N) is 1. The van der Waals surface area contributed by atoms with Crippen molar-refractivity contribution in [3.05, 3.63) is 77.5 Å². The largest absolute Gasteiger partial charge is 0.481 e. The van der Waals surface area contributed by atoms with E-state index < -0.39 is 11.4 Å². The van der Waals surface area contributed by atoms with E-state index in [9.17, 15) is 9.90 Å². The van der Waals surface area contributed by atoms with E-state index in [-0.39, 0.29) is 0 Å². The molecule has 2 aliphatic rings. The summed E-state index contributed by atoms with van der Waals surface area (Å²) in [4.78, 5) is 16.7. The molecule has 2 aliphatic carbocycles. The maximum atomic E-state index is 11.8. The molecule has 146 valence electrons. The smallest absolute Gasteiger partial charge is 0.314 e. The number of nitrogens with one attached hydrogen (secondary N) is 1. The van der Waals surface area contributed by atoms with Crippen LogP contribution in [0.5, 0.6) is 0 Å². The molecule has 2 N–H and O–H groups in total. The number of aromatic nitrogens is 1. The summed E-state index contributed by atoms with van der Waals surface area (Å²) in [5, 5.41) is 13.2. The number of anilines is 2. The second-order valence-corrected chi connectivity index (χ2v) is 8.14. The summed E-state index contributed by atoms with van der Waals surface area (Å²) in [7, 11) is 0. The SMILES string of the molecule is O=C(O)C1(c2ccc(Nc3cc(-c4ccccc4)nc4c3CCC4)cc2)CCC1. The number of pyridine rings is 1. The van der Waals surface area contributed by atoms with Crippen LogP contribution < -0.4 is 5.32 Å². The molecule has 2 aromatic carbocycles. The number of aryl methyl sites for hydroxylation is 1. The maximum absolute atomic E-state index is 11.8. The van der Waals surface area contributed by atoms with Crippen molar-refractivity contribution < 1.29 is 9.90 Å². The summed E-state index contributed by atoms with van der Waals surface area (Å²) in [5.41, 5.74) is 6.91. The normalized spacial score (nSPS) is 16.7. The van der Waals surface area contributed by atoms with Gasteiger partial charge in [-0.05, 0) is 61.4 Å². The summed E-state index contributed by atoms with van der Waals surface area (Å²) >= 11 is 0. The molecule has 0 bridgehead atoms. The first-order valence-corrected chi connectivity index (χ1v) is 10.3. The number of carbonyl (C=O) groups is 1. The summed E-state index contributed by atoms with van der Waals surface area (Å²) in [6.07, 6.45) is 5.64. The first kappa shape index (κ1) is 17.9. The van der Waals surface area contributed by atoms with Crippen molar-refractivity contribution in [2.45, 2.75) is 43.9 Å². The molecule has 1 fully saturated rings. The van der Waals surface area contributed by atoms with Crippen molar-refractivity contribution in [3.8, 4) is 11.3 Å². The molecular weight excluding hydrogens is 360 g/mol. The second kappa shape index (κ2) is 7.03. The Labute approximate surface area is 170 Å². The average Bonchev–Trinajstić information content (AvgIpc) is 3.18. The van der Waals surface area contributed by atoms with Gasteiger partial charge in [0.1, 0.15) is 0 Å². The van der Waals surface area contributed by atoms with E-state index in [2.05, 4.69) is 23.5 Å². The molecule has 0 aliphatic heterocycles. The van der Waals surface area contributed by atoms with Crippen LogP contribution in [-0.2, 0) is 23.1 Å². The highest BCUT2D eigenvalue weighted by Gasteiger charge is 2.45. The van der Waals surface area contributed by atoms with Crippen molar-refractivity contribution in [3.63, 3.8) is 0 Å². The molecule has 0 saturated heterocycles. The van der Waals surface area contributed by atoms with Crippen LogP contribution in [0.3, 0.4) is 0 Å². The fraction of sp³-hybridized carbons (Fsp3) is 0.280. The lowest BCUT2D eigenvalue weighted by Gasteiger charge is -2.38. The first-order valence-electron chi connectivity index (χ1n) is 10.3. The van der Waals surface area contributed by atoms with E-state index in [1.807, 2.05) is 42.5 Å². The Hall–Kier alpha value is -3.14. The van der Waals surface area contributed by atoms with E-state index in [0.29, 0.717) is 0 Å². The van der Waals surface area contributed by atoms with Gasteiger partial charge in [0.25, 0.3) is 0 Å². The molecule has 1 heterocycles. The van der Waals surface area contributed by atoms with Crippen molar-refractivity contribution in [1.29, 1.82) is 0 Å². The third-order valence-corrected chi connectivity index (χ3v) is 6.45. The highest BCUT2D eigenvalue weighted by Crippen LogP contribution is 2.44. The maximum Gasteiger partial charge on any atom is 0.314 e. The minimum absolute atomic E-state index is 0.684. The van der Waals surface area contributed by atoms with Gasteiger partial charge in [-0.3, -0.25) is 9.78 Å². The highest BCUT2D eigenvalue weighted by atomic mass is 16.4. The Morgan fingerprint density at radius 1 is 0.966 bits per heavy atom. The standard InChI is InChI=1S/C25H24N2O2/c28-24(29)25(14-5-15-25)18-10-12-19(13-11-18)26-23-16-22(17-6-2-1-3-7-17)27-21-9-4-8-20(21)23/h1-3,6-7,10-13,16H,4-5,8-9,14-15H2,(H,26,27)(H,28,29). The molecule has 0 amide bonds. The Bertz CT molecular complexity index is 1050. The molecule has 0 spiro atoms. The minimum Gasteiger partial charge on any atom is -0.481 e. The molecule has 4 heteroatoms. The van der Waals surface area contributed by atoms with Crippen LogP contribution >= 0.6 is 0 Å². The van der Waals surface area contributed by atoms with Crippen LogP contribution in [0.15, 0.2) is 60.7 Å². The zero-order valence-corrected chi connectivity index (χ0v) is 16.3. The molecule has 0 atom stereocenters. The molecule has 4 nitrogen and oxygen atoms in total. The molecule has 0 radical (unpaired) electrons. The van der Waals surface area contributed by atoms with Crippen LogP contribution in [0.1, 0.15) is 42.5 Å². The summed E-state index contributed by atoms with van der Waals surface area (Å²) in [5.74, 6) is -0.705. The van der Waals surface area contributed by atoms with Gasteiger partial charge in [0, 0.05) is 22.6 Å². The first-order chi connectivity index (χ1) is 14.2. The molecular formula is C25H24N2O2. The summed E-state index contributed by atoms with van der Waals surface area (Å²) in [6, 6.07) is 20.3. The highest BCUT2D eigenvalue weighted by molar-refractivity contribution is 5.83.